The Kier molecular flexibility index (Phi) is 7.35. The summed E-state index contributed by atoms with van der Waals surface area (Å²) in [4.78, 5) is 28.7. The van der Waals surface area contributed by atoms with Crippen molar-refractivity contribution < 1.29 is 26.9 Å². The Labute approximate surface area is 163 Å². The summed E-state index contributed by atoms with van der Waals surface area (Å²) >= 11 is 0. The van der Waals surface area contributed by atoms with Gasteiger partial charge < -0.3 is 19.9 Å². The maximum Gasteiger partial charge on any atom is 0.410 e. The van der Waals surface area contributed by atoms with Crippen molar-refractivity contribution >= 4 is 28.2 Å². The lowest BCUT2D eigenvalue weighted by Crippen LogP contribution is -2.37. The molecule has 28 heavy (non-hydrogen) atoms. The summed E-state index contributed by atoms with van der Waals surface area (Å²) < 4.78 is 34.8. The Bertz CT molecular complexity index is 848. The van der Waals surface area contributed by atoms with Crippen molar-refractivity contribution in [3.8, 4) is 0 Å². The third kappa shape index (κ3) is 6.82. The van der Waals surface area contributed by atoms with Gasteiger partial charge in [0.25, 0.3) is 10.1 Å². The molecule has 1 aromatic heterocycles. The molecule has 11 heteroatoms. The molecule has 1 aromatic rings. The number of amides is 2. The molecule has 1 saturated heterocycles. The highest BCUT2D eigenvalue weighted by Gasteiger charge is 2.38. The van der Waals surface area contributed by atoms with Crippen LogP contribution in [-0.4, -0.2) is 66.4 Å². The fourth-order valence-corrected chi connectivity index (χ4v) is 3.59. The molecule has 0 unspecified atom stereocenters. The minimum Gasteiger partial charge on any atom is -0.445 e. The van der Waals surface area contributed by atoms with Gasteiger partial charge in [-0.3, -0.25) is 8.98 Å². The van der Waals surface area contributed by atoms with Crippen LogP contribution in [0.25, 0.3) is 6.08 Å². The van der Waals surface area contributed by atoms with Crippen LogP contribution in [0.3, 0.4) is 0 Å². The number of aromatic nitrogens is 2. The number of imidazole rings is 1. The van der Waals surface area contributed by atoms with Gasteiger partial charge in [-0.25, -0.2) is 9.78 Å². The minimum atomic E-state index is -3.63. The van der Waals surface area contributed by atoms with E-state index in [0.717, 1.165) is 6.26 Å². The van der Waals surface area contributed by atoms with E-state index in [1.165, 1.54) is 23.1 Å². The average molecular weight is 412 g/mol. The number of hydrogen-bond acceptors (Lipinski definition) is 7. The van der Waals surface area contributed by atoms with Crippen molar-refractivity contribution in [3.63, 3.8) is 0 Å². The highest BCUT2D eigenvalue weighted by Crippen LogP contribution is 2.25. The first kappa shape index (κ1) is 21.6. The Morgan fingerprint density at radius 1 is 1.46 bits per heavy atom. The molecule has 2 amide bonds. The van der Waals surface area contributed by atoms with Crippen molar-refractivity contribution in [2.75, 3.05) is 19.4 Å². The summed E-state index contributed by atoms with van der Waals surface area (Å²) in [5.41, 5.74) is 5.63. The number of aryl methyl sites for hydroxylation is 1. The average Bonchev–Trinajstić information content (AvgIpc) is 3.21. The van der Waals surface area contributed by atoms with Crippen LogP contribution in [0.2, 0.25) is 0 Å². The summed E-state index contributed by atoms with van der Waals surface area (Å²) in [5.74, 6) is -0.564. The number of ether oxygens (including phenoxy) is 1. The molecule has 1 aliphatic heterocycles. The van der Waals surface area contributed by atoms with Gasteiger partial charge in [0.05, 0.1) is 30.9 Å². The number of hydrogen-bond donors (Lipinski definition) is 1. The molecule has 0 spiro atoms. The van der Waals surface area contributed by atoms with E-state index in [1.807, 2.05) is 0 Å². The summed E-state index contributed by atoms with van der Waals surface area (Å²) in [6.45, 7) is 4.22. The van der Waals surface area contributed by atoms with Gasteiger partial charge in [-0.05, 0) is 18.9 Å². The third-order valence-corrected chi connectivity index (χ3v) is 4.66. The van der Waals surface area contributed by atoms with Crippen molar-refractivity contribution in [3.05, 3.63) is 36.9 Å². The van der Waals surface area contributed by atoms with E-state index in [0.29, 0.717) is 25.1 Å². The summed E-state index contributed by atoms with van der Waals surface area (Å²) in [6.07, 6.45) is 8.25. The second-order valence-corrected chi connectivity index (χ2v) is 7.99. The maximum absolute atomic E-state index is 12.3. The van der Waals surface area contributed by atoms with Crippen LogP contribution in [0, 0.1) is 0 Å². The molecule has 0 bridgehead atoms. The van der Waals surface area contributed by atoms with Gasteiger partial charge in [0, 0.05) is 24.9 Å². The van der Waals surface area contributed by atoms with Crippen molar-refractivity contribution in [2.24, 2.45) is 5.73 Å². The first-order chi connectivity index (χ1) is 13.2. The lowest BCUT2D eigenvalue weighted by atomic mass is 10.1. The molecule has 0 saturated carbocycles. The van der Waals surface area contributed by atoms with Crippen molar-refractivity contribution in [2.45, 2.75) is 31.5 Å². The number of carbonyl (C=O) groups is 2. The van der Waals surface area contributed by atoms with Crippen molar-refractivity contribution in [1.82, 2.24) is 14.5 Å². The Hall–Kier alpha value is -2.66. The largest absolute Gasteiger partial charge is 0.445 e. The molecule has 2 atom stereocenters. The summed E-state index contributed by atoms with van der Waals surface area (Å²) in [5, 5.41) is 0. The quantitative estimate of drug-likeness (QED) is 0.355. The van der Waals surface area contributed by atoms with Gasteiger partial charge in [-0.1, -0.05) is 12.7 Å². The van der Waals surface area contributed by atoms with Crippen LogP contribution < -0.4 is 5.73 Å². The fraction of sp³-hybridized carbons (Fsp3) is 0.471. The lowest BCUT2D eigenvalue weighted by molar-refractivity contribution is -0.113. The second-order valence-electron chi connectivity index (χ2n) is 6.39. The molecule has 2 rings (SSSR count). The van der Waals surface area contributed by atoms with E-state index >= 15 is 0 Å². The SMILES string of the molecule is C=CCOC(=O)N1C[C@H](OS(C)(=O)=O)C[C@H]1CCn1cnc(/C=C/C(N)=O)c1. The first-order valence-electron chi connectivity index (χ1n) is 8.59. The molecule has 154 valence electrons. The number of rotatable bonds is 9. The van der Waals surface area contributed by atoms with Crippen LogP contribution >= 0.6 is 0 Å². The van der Waals surface area contributed by atoms with Crippen LogP contribution in [0.5, 0.6) is 0 Å². The van der Waals surface area contributed by atoms with Gasteiger partial charge in [0.15, 0.2) is 0 Å². The molecular weight excluding hydrogens is 388 g/mol. The number of likely N-dealkylation sites (tertiary alicyclic amines) is 1. The van der Waals surface area contributed by atoms with E-state index in [1.54, 1.807) is 17.1 Å². The monoisotopic (exact) mass is 412 g/mol. The van der Waals surface area contributed by atoms with E-state index in [9.17, 15) is 18.0 Å². The van der Waals surface area contributed by atoms with E-state index in [4.69, 9.17) is 14.7 Å². The van der Waals surface area contributed by atoms with Crippen LogP contribution in [0.15, 0.2) is 31.3 Å². The summed E-state index contributed by atoms with van der Waals surface area (Å²) in [7, 11) is -3.63. The van der Waals surface area contributed by atoms with E-state index in [2.05, 4.69) is 11.6 Å². The normalized spacial score (nSPS) is 19.8. The second kappa shape index (κ2) is 9.51. The molecule has 2 N–H and O–H groups in total. The molecule has 0 radical (unpaired) electrons. The standard InChI is InChI=1S/C17H24N4O6S/c1-3-8-26-17(23)21-11-15(27-28(2,24)25)9-14(21)6-7-20-10-13(19-12-20)4-5-16(18)22/h3-5,10,12,14-15H,1,6-9,11H2,2H3,(H2,18,22)/b5-4+/t14-,15-/m1/s1. The zero-order valence-corrected chi connectivity index (χ0v) is 16.4. The van der Waals surface area contributed by atoms with Gasteiger partial charge in [0.1, 0.15) is 6.61 Å². The van der Waals surface area contributed by atoms with Crippen LogP contribution in [0.1, 0.15) is 18.5 Å². The zero-order valence-electron chi connectivity index (χ0n) is 15.6. The Morgan fingerprint density at radius 2 is 2.21 bits per heavy atom. The molecule has 2 heterocycles. The predicted octanol–water partition coefficient (Wildman–Crippen LogP) is 0.513. The molecule has 1 fully saturated rings. The number of nitrogens with zero attached hydrogens (tertiary/aromatic N) is 3. The smallest absolute Gasteiger partial charge is 0.410 e. The highest BCUT2D eigenvalue weighted by atomic mass is 32.2. The number of primary amides is 1. The van der Waals surface area contributed by atoms with Gasteiger partial charge in [-0.15, -0.1) is 0 Å². The molecular formula is C17H24N4O6S. The maximum atomic E-state index is 12.3. The van der Waals surface area contributed by atoms with Gasteiger partial charge in [0.2, 0.25) is 5.91 Å². The van der Waals surface area contributed by atoms with Gasteiger partial charge in [-0.2, -0.15) is 8.42 Å². The minimum absolute atomic E-state index is 0.0662. The molecule has 1 aliphatic rings. The van der Waals surface area contributed by atoms with E-state index < -0.39 is 28.2 Å². The molecule has 10 nitrogen and oxygen atoms in total. The highest BCUT2D eigenvalue weighted by molar-refractivity contribution is 7.86. The fourth-order valence-electron chi connectivity index (χ4n) is 2.95. The number of nitrogens with two attached hydrogens (primary N) is 1. The Morgan fingerprint density at radius 3 is 2.86 bits per heavy atom. The lowest BCUT2D eigenvalue weighted by Gasteiger charge is -2.23. The zero-order chi connectivity index (χ0) is 20.7. The first-order valence-corrected chi connectivity index (χ1v) is 10.4. The van der Waals surface area contributed by atoms with Crippen molar-refractivity contribution in [1.29, 1.82) is 0 Å². The molecule has 0 aliphatic carbocycles. The third-order valence-electron chi connectivity index (χ3n) is 4.04. The predicted molar refractivity (Wildman–Crippen MR) is 101 cm³/mol. The van der Waals surface area contributed by atoms with Crippen LogP contribution in [0.4, 0.5) is 4.79 Å². The van der Waals surface area contributed by atoms with E-state index in [-0.39, 0.29) is 19.2 Å². The topological polar surface area (TPSA) is 134 Å². The van der Waals surface area contributed by atoms with Crippen LogP contribution in [-0.2, 0) is 30.4 Å². The summed E-state index contributed by atoms with van der Waals surface area (Å²) in [6, 6.07) is -0.254. The van der Waals surface area contributed by atoms with Gasteiger partial charge >= 0.3 is 6.09 Å². The molecule has 0 aromatic carbocycles. The number of carbonyl (C=O) groups excluding carboxylic acids is 2. The Balaban J connectivity index is 2.01.